The van der Waals surface area contributed by atoms with E-state index >= 15 is 0 Å². The van der Waals surface area contributed by atoms with Gasteiger partial charge in [-0.2, -0.15) is 0 Å². The SMILES string of the molecule is Cc1cc(C(=O)NCC(O)c2ccc(F)cc2)cc(=O)[nH]1. The number of pyridine rings is 1. The summed E-state index contributed by atoms with van der Waals surface area (Å²) in [6, 6.07) is 8.10. The zero-order valence-electron chi connectivity index (χ0n) is 11.4. The molecule has 0 saturated heterocycles. The first-order valence-electron chi connectivity index (χ1n) is 6.38. The highest BCUT2D eigenvalue weighted by Crippen LogP contribution is 2.12. The fourth-order valence-electron chi connectivity index (χ4n) is 1.91. The number of aromatic amines is 1. The number of hydrogen-bond donors (Lipinski definition) is 3. The number of aliphatic hydroxyl groups is 1. The number of benzene rings is 1. The zero-order valence-corrected chi connectivity index (χ0v) is 11.4. The van der Waals surface area contributed by atoms with Gasteiger partial charge in [-0.25, -0.2) is 4.39 Å². The highest BCUT2D eigenvalue weighted by Gasteiger charge is 2.11. The van der Waals surface area contributed by atoms with E-state index in [4.69, 9.17) is 0 Å². The molecule has 1 heterocycles. The van der Waals surface area contributed by atoms with Crippen LogP contribution in [-0.2, 0) is 0 Å². The molecule has 6 heteroatoms. The Morgan fingerprint density at radius 1 is 1.33 bits per heavy atom. The Morgan fingerprint density at radius 2 is 2.00 bits per heavy atom. The van der Waals surface area contributed by atoms with Crippen molar-refractivity contribution in [1.82, 2.24) is 10.3 Å². The second-order valence-corrected chi connectivity index (χ2v) is 4.69. The fourth-order valence-corrected chi connectivity index (χ4v) is 1.91. The molecule has 0 aliphatic heterocycles. The average Bonchev–Trinajstić information content (AvgIpc) is 2.44. The molecular formula is C15H15FN2O3. The Kier molecular flexibility index (Phi) is 4.49. The minimum absolute atomic E-state index is 0.0314. The molecule has 2 rings (SSSR count). The Labute approximate surface area is 120 Å². The van der Waals surface area contributed by atoms with E-state index in [1.165, 1.54) is 30.3 Å². The Balaban J connectivity index is 2.00. The van der Waals surface area contributed by atoms with Gasteiger partial charge in [-0.1, -0.05) is 12.1 Å². The molecule has 1 amide bonds. The summed E-state index contributed by atoms with van der Waals surface area (Å²) in [6.07, 6.45) is -0.947. The van der Waals surface area contributed by atoms with Crippen molar-refractivity contribution in [2.45, 2.75) is 13.0 Å². The monoisotopic (exact) mass is 290 g/mol. The van der Waals surface area contributed by atoms with Crippen molar-refractivity contribution >= 4 is 5.91 Å². The molecular weight excluding hydrogens is 275 g/mol. The maximum Gasteiger partial charge on any atom is 0.251 e. The van der Waals surface area contributed by atoms with Gasteiger partial charge in [0.25, 0.3) is 5.91 Å². The first-order valence-corrected chi connectivity index (χ1v) is 6.38. The third-order valence-electron chi connectivity index (χ3n) is 2.95. The third-order valence-corrected chi connectivity index (χ3v) is 2.95. The molecule has 0 spiro atoms. The quantitative estimate of drug-likeness (QED) is 0.793. The Hall–Kier alpha value is -2.47. The molecule has 0 aliphatic rings. The van der Waals surface area contributed by atoms with Crippen molar-refractivity contribution in [3.63, 3.8) is 0 Å². The van der Waals surface area contributed by atoms with Gasteiger partial charge in [0.2, 0.25) is 5.56 Å². The van der Waals surface area contributed by atoms with Gasteiger partial charge in [-0.15, -0.1) is 0 Å². The number of H-pyrrole nitrogens is 1. The summed E-state index contributed by atoms with van der Waals surface area (Å²) in [4.78, 5) is 25.7. The molecule has 110 valence electrons. The molecule has 0 fully saturated rings. The van der Waals surface area contributed by atoms with Crippen molar-refractivity contribution in [1.29, 1.82) is 0 Å². The number of rotatable bonds is 4. The number of aromatic nitrogens is 1. The van der Waals surface area contributed by atoms with E-state index in [0.29, 0.717) is 11.3 Å². The molecule has 0 radical (unpaired) electrons. The summed E-state index contributed by atoms with van der Waals surface area (Å²) in [7, 11) is 0. The summed E-state index contributed by atoms with van der Waals surface area (Å²) in [5.74, 6) is -0.848. The van der Waals surface area contributed by atoms with Crippen molar-refractivity contribution in [3.8, 4) is 0 Å². The topological polar surface area (TPSA) is 82.2 Å². The number of aliphatic hydroxyl groups excluding tert-OH is 1. The number of hydrogen-bond acceptors (Lipinski definition) is 3. The number of carbonyl (C=O) groups excluding carboxylic acids is 1. The van der Waals surface area contributed by atoms with Crippen molar-refractivity contribution < 1.29 is 14.3 Å². The minimum atomic E-state index is -0.947. The molecule has 1 aromatic carbocycles. The standard InChI is InChI=1S/C15H15FN2O3/c1-9-6-11(7-14(20)18-9)15(21)17-8-13(19)10-2-4-12(16)5-3-10/h2-7,13,19H,8H2,1H3,(H,17,21)(H,18,20). The van der Waals surface area contributed by atoms with E-state index in [0.717, 1.165) is 0 Å². The van der Waals surface area contributed by atoms with Crippen LogP contribution < -0.4 is 10.9 Å². The number of nitrogens with one attached hydrogen (secondary N) is 2. The van der Waals surface area contributed by atoms with E-state index < -0.39 is 17.8 Å². The molecule has 0 aliphatic carbocycles. The Morgan fingerprint density at radius 3 is 2.62 bits per heavy atom. The van der Waals surface area contributed by atoms with Gasteiger partial charge in [0.05, 0.1) is 6.10 Å². The number of aryl methyl sites for hydroxylation is 1. The van der Waals surface area contributed by atoms with Gasteiger partial charge in [0.15, 0.2) is 0 Å². The normalized spacial score (nSPS) is 12.0. The summed E-state index contributed by atoms with van der Waals surface area (Å²) in [6.45, 7) is 1.64. The van der Waals surface area contributed by atoms with Crippen molar-refractivity contribution in [2.75, 3.05) is 6.54 Å². The lowest BCUT2D eigenvalue weighted by Gasteiger charge is -2.12. The van der Waals surface area contributed by atoms with Crippen LogP contribution in [0.1, 0.15) is 27.7 Å². The average molecular weight is 290 g/mol. The van der Waals surface area contributed by atoms with Crippen LogP contribution in [0.3, 0.4) is 0 Å². The van der Waals surface area contributed by atoms with Crippen LogP contribution in [-0.4, -0.2) is 22.5 Å². The van der Waals surface area contributed by atoms with Crippen molar-refractivity contribution in [3.05, 3.63) is 69.4 Å². The van der Waals surface area contributed by atoms with Crippen LogP contribution in [0.5, 0.6) is 0 Å². The number of carbonyl (C=O) groups is 1. The van der Waals surface area contributed by atoms with Gasteiger partial charge < -0.3 is 15.4 Å². The first-order chi connectivity index (χ1) is 9.95. The first kappa shape index (κ1) is 14.9. The smallest absolute Gasteiger partial charge is 0.251 e. The van der Waals surface area contributed by atoms with Crippen molar-refractivity contribution in [2.24, 2.45) is 0 Å². The number of halogens is 1. The highest BCUT2D eigenvalue weighted by molar-refractivity contribution is 5.94. The Bertz CT molecular complexity index is 695. The predicted molar refractivity (Wildman–Crippen MR) is 75.5 cm³/mol. The van der Waals surface area contributed by atoms with E-state index in [9.17, 15) is 19.1 Å². The second-order valence-electron chi connectivity index (χ2n) is 4.69. The lowest BCUT2D eigenvalue weighted by Crippen LogP contribution is -2.29. The molecule has 1 atom stereocenters. The molecule has 1 aromatic heterocycles. The lowest BCUT2D eigenvalue weighted by atomic mass is 10.1. The molecule has 0 bridgehead atoms. The minimum Gasteiger partial charge on any atom is -0.387 e. The van der Waals surface area contributed by atoms with Crippen LogP contribution in [0.4, 0.5) is 4.39 Å². The van der Waals surface area contributed by atoms with Crippen LogP contribution in [0.2, 0.25) is 0 Å². The summed E-state index contributed by atoms with van der Waals surface area (Å²) in [5.41, 5.74) is 0.937. The van der Waals surface area contributed by atoms with Gasteiger partial charge >= 0.3 is 0 Å². The summed E-state index contributed by atoms with van der Waals surface area (Å²) in [5, 5.41) is 12.4. The van der Waals surface area contributed by atoms with E-state index in [2.05, 4.69) is 10.3 Å². The van der Waals surface area contributed by atoms with Gasteiger partial charge in [-0.05, 0) is 30.7 Å². The largest absolute Gasteiger partial charge is 0.387 e. The molecule has 3 N–H and O–H groups in total. The summed E-state index contributed by atoms with van der Waals surface area (Å²) >= 11 is 0. The molecule has 2 aromatic rings. The fraction of sp³-hybridized carbons (Fsp3) is 0.200. The molecule has 5 nitrogen and oxygen atoms in total. The van der Waals surface area contributed by atoms with E-state index in [1.807, 2.05) is 0 Å². The summed E-state index contributed by atoms with van der Waals surface area (Å²) < 4.78 is 12.8. The lowest BCUT2D eigenvalue weighted by molar-refractivity contribution is 0.0916. The predicted octanol–water partition coefficient (Wildman–Crippen LogP) is 1.29. The van der Waals surface area contributed by atoms with Crippen LogP contribution in [0.25, 0.3) is 0 Å². The van der Waals surface area contributed by atoms with Crippen LogP contribution >= 0.6 is 0 Å². The maximum atomic E-state index is 12.8. The van der Waals surface area contributed by atoms with Crippen LogP contribution in [0, 0.1) is 12.7 Å². The molecule has 21 heavy (non-hydrogen) atoms. The van der Waals surface area contributed by atoms with Gasteiger partial charge in [-0.3, -0.25) is 9.59 Å². The highest BCUT2D eigenvalue weighted by atomic mass is 19.1. The molecule has 0 saturated carbocycles. The van der Waals surface area contributed by atoms with Crippen LogP contribution in [0.15, 0.2) is 41.2 Å². The van der Waals surface area contributed by atoms with Gasteiger partial charge in [0.1, 0.15) is 5.82 Å². The van der Waals surface area contributed by atoms with E-state index in [1.54, 1.807) is 13.0 Å². The molecule has 1 unspecified atom stereocenters. The van der Waals surface area contributed by atoms with E-state index in [-0.39, 0.29) is 17.7 Å². The maximum absolute atomic E-state index is 12.8. The zero-order chi connectivity index (χ0) is 15.4. The third kappa shape index (κ3) is 4.00. The van der Waals surface area contributed by atoms with Gasteiger partial charge in [0, 0.05) is 23.9 Å². The second kappa shape index (κ2) is 6.32. The number of amides is 1.